The van der Waals surface area contributed by atoms with Crippen molar-refractivity contribution in [2.75, 3.05) is 15.4 Å². The Bertz CT molecular complexity index is 1100. The zero-order valence-electron chi connectivity index (χ0n) is 16.7. The minimum absolute atomic E-state index is 0.0198. The maximum absolute atomic E-state index is 12.5. The van der Waals surface area contributed by atoms with Gasteiger partial charge in [0.05, 0.1) is 4.90 Å². The molecule has 3 N–H and O–H groups in total. The molecule has 30 heavy (non-hydrogen) atoms. The number of rotatable bonds is 7. The molecular weight excluding hydrogens is 418 g/mol. The highest BCUT2D eigenvalue weighted by atomic mass is 32.2. The number of nitrogens with zero attached hydrogens (tertiary/aromatic N) is 2. The third-order valence-corrected chi connectivity index (χ3v) is 6.00. The molecule has 0 spiro atoms. The molecular formula is C21H23N5O2S2. The highest BCUT2D eigenvalue weighted by Gasteiger charge is 2.15. The second kappa shape index (κ2) is 9.64. The Morgan fingerprint density at radius 2 is 1.50 bits per heavy atom. The van der Waals surface area contributed by atoms with E-state index >= 15 is 0 Å². The standard InChI is InChI=1S/C21H23N5O2S2/c1-3-15-7-5-8-16(4-2)19(15)25-21(29)24-17-9-11-18(12-10-17)30(27,28)26-20-22-13-6-14-23-20/h5-14H,3-4H2,1-2H3,(H,22,23,26)(H2,24,25,29). The van der Waals surface area contributed by atoms with Crippen molar-refractivity contribution < 1.29 is 8.42 Å². The fourth-order valence-corrected chi connectivity index (χ4v) is 4.11. The summed E-state index contributed by atoms with van der Waals surface area (Å²) in [6.07, 6.45) is 4.71. The molecule has 0 fully saturated rings. The fraction of sp³-hybridized carbons (Fsp3) is 0.190. The monoisotopic (exact) mass is 441 g/mol. The number of sulfonamides is 1. The number of aromatic nitrogens is 2. The lowest BCUT2D eigenvalue weighted by Gasteiger charge is -2.17. The van der Waals surface area contributed by atoms with Gasteiger partial charge in [-0.2, -0.15) is 0 Å². The summed E-state index contributed by atoms with van der Waals surface area (Å²) < 4.78 is 27.3. The zero-order chi connectivity index (χ0) is 21.6. The van der Waals surface area contributed by atoms with Crippen molar-refractivity contribution in [2.45, 2.75) is 31.6 Å². The third-order valence-electron chi connectivity index (χ3n) is 4.45. The number of anilines is 3. The SMILES string of the molecule is CCc1cccc(CC)c1NC(=S)Nc1ccc(S(=O)(=O)Nc2ncccn2)cc1. The molecule has 2 aromatic carbocycles. The Balaban J connectivity index is 1.70. The second-order valence-electron chi connectivity index (χ2n) is 6.44. The molecule has 7 nitrogen and oxygen atoms in total. The fourth-order valence-electron chi connectivity index (χ4n) is 2.93. The lowest BCUT2D eigenvalue weighted by molar-refractivity contribution is 0.601. The molecule has 0 amide bonds. The van der Waals surface area contributed by atoms with Crippen LogP contribution in [-0.4, -0.2) is 23.5 Å². The van der Waals surface area contributed by atoms with Crippen molar-refractivity contribution >= 4 is 44.7 Å². The Morgan fingerprint density at radius 3 is 2.07 bits per heavy atom. The van der Waals surface area contributed by atoms with Crippen LogP contribution >= 0.6 is 12.2 Å². The number of nitrogens with one attached hydrogen (secondary N) is 3. The topological polar surface area (TPSA) is 96.0 Å². The van der Waals surface area contributed by atoms with Gasteiger partial charge in [0.2, 0.25) is 5.95 Å². The van der Waals surface area contributed by atoms with Gasteiger partial charge in [0.15, 0.2) is 5.11 Å². The van der Waals surface area contributed by atoms with Crippen LogP contribution in [0.4, 0.5) is 17.3 Å². The van der Waals surface area contributed by atoms with E-state index in [0.29, 0.717) is 10.8 Å². The van der Waals surface area contributed by atoms with Gasteiger partial charge in [-0.1, -0.05) is 32.0 Å². The Labute approximate surface area is 182 Å². The summed E-state index contributed by atoms with van der Waals surface area (Å²) >= 11 is 5.46. The van der Waals surface area contributed by atoms with Gasteiger partial charge < -0.3 is 10.6 Å². The van der Waals surface area contributed by atoms with E-state index in [1.54, 1.807) is 18.2 Å². The molecule has 0 saturated carbocycles. The van der Waals surface area contributed by atoms with E-state index in [1.165, 1.54) is 35.7 Å². The predicted molar refractivity (Wildman–Crippen MR) is 124 cm³/mol. The molecule has 0 aliphatic rings. The molecule has 0 unspecified atom stereocenters. The van der Waals surface area contributed by atoms with Crippen molar-refractivity contribution in [1.82, 2.24) is 9.97 Å². The van der Waals surface area contributed by atoms with Crippen LogP contribution in [0.1, 0.15) is 25.0 Å². The lowest BCUT2D eigenvalue weighted by Crippen LogP contribution is -2.21. The van der Waals surface area contributed by atoms with Crippen molar-refractivity contribution in [3.63, 3.8) is 0 Å². The van der Waals surface area contributed by atoms with Gasteiger partial charge in [-0.05, 0) is 66.5 Å². The van der Waals surface area contributed by atoms with Crippen LogP contribution in [0, 0.1) is 0 Å². The first-order chi connectivity index (χ1) is 14.4. The number of hydrogen-bond donors (Lipinski definition) is 3. The van der Waals surface area contributed by atoms with Crippen LogP contribution < -0.4 is 15.4 Å². The van der Waals surface area contributed by atoms with Crippen LogP contribution in [0.5, 0.6) is 0 Å². The highest BCUT2D eigenvalue weighted by molar-refractivity contribution is 7.92. The molecule has 1 heterocycles. The van der Waals surface area contributed by atoms with Crippen LogP contribution in [0.3, 0.4) is 0 Å². The first-order valence-corrected chi connectivity index (χ1v) is 11.4. The summed E-state index contributed by atoms with van der Waals surface area (Å²) in [6.45, 7) is 4.20. The molecule has 3 aromatic rings. The van der Waals surface area contributed by atoms with Crippen LogP contribution in [0.25, 0.3) is 0 Å². The Morgan fingerprint density at radius 1 is 0.900 bits per heavy atom. The minimum Gasteiger partial charge on any atom is -0.332 e. The van der Waals surface area contributed by atoms with E-state index in [-0.39, 0.29) is 10.8 Å². The lowest BCUT2D eigenvalue weighted by atomic mass is 10.0. The van der Waals surface area contributed by atoms with Gasteiger partial charge >= 0.3 is 0 Å². The molecule has 156 valence electrons. The molecule has 3 rings (SSSR count). The first-order valence-electron chi connectivity index (χ1n) is 9.51. The summed E-state index contributed by atoms with van der Waals surface area (Å²) in [7, 11) is -3.78. The summed E-state index contributed by atoms with van der Waals surface area (Å²) in [6, 6.07) is 14.1. The number of benzene rings is 2. The summed E-state index contributed by atoms with van der Waals surface area (Å²) in [4.78, 5) is 7.85. The van der Waals surface area contributed by atoms with Gasteiger partial charge in [-0.3, -0.25) is 0 Å². The van der Waals surface area contributed by atoms with Gasteiger partial charge in [0, 0.05) is 23.8 Å². The molecule has 0 aliphatic heterocycles. The van der Waals surface area contributed by atoms with Crippen LogP contribution in [-0.2, 0) is 22.9 Å². The maximum Gasteiger partial charge on any atom is 0.264 e. The summed E-state index contributed by atoms with van der Waals surface area (Å²) in [5.41, 5.74) is 4.07. The van der Waals surface area contributed by atoms with Crippen molar-refractivity contribution in [2.24, 2.45) is 0 Å². The van der Waals surface area contributed by atoms with E-state index < -0.39 is 10.0 Å². The van der Waals surface area contributed by atoms with Gasteiger partial charge in [0.25, 0.3) is 10.0 Å². The van der Waals surface area contributed by atoms with Gasteiger partial charge in [0.1, 0.15) is 0 Å². The highest BCUT2D eigenvalue weighted by Crippen LogP contribution is 2.23. The molecule has 0 radical (unpaired) electrons. The van der Waals surface area contributed by atoms with Gasteiger partial charge in [-0.25, -0.2) is 23.1 Å². The third kappa shape index (κ3) is 5.31. The van der Waals surface area contributed by atoms with Crippen molar-refractivity contribution in [1.29, 1.82) is 0 Å². The summed E-state index contributed by atoms with van der Waals surface area (Å²) in [5.74, 6) is 0.0198. The van der Waals surface area contributed by atoms with E-state index in [1.807, 2.05) is 6.07 Å². The molecule has 0 bridgehead atoms. The average Bonchev–Trinajstić information content (AvgIpc) is 2.74. The second-order valence-corrected chi connectivity index (χ2v) is 8.53. The number of thiocarbonyl (C=S) groups is 1. The quantitative estimate of drug-likeness (QED) is 0.473. The van der Waals surface area contributed by atoms with E-state index in [4.69, 9.17) is 12.2 Å². The molecule has 0 saturated heterocycles. The first kappa shape index (κ1) is 21.7. The average molecular weight is 442 g/mol. The number of aryl methyl sites for hydroxylation is 2. The van der Waals surface area contributed by atoms with Gasteiger partial charge in [-0.15, -0.1) is 0 Å². The smallest absolute Gasteiger partial charge is 0.264 e. The summed E-state index contributed by atoms with van der Waals surface area (Å²) in [5, 5.41) is 6.82. The van der Waals surface area contributed by atoms with Crippen LogP contribution in [0.2, 0.25) is 0 Å². The largest absolute Gasteiger partial charge is 0.332 e. The van der Waals surface area contributed by atoms with E-state index in [2.05, 4.69) is 51.3 Å². The van der Waals surface area contributed by atoms with Crippen molar-refractivity contribution in [3.05, 3.63) is 72.1 Å². The normalized spacial score (nSPS) is 11.0. The Kier molecular flexibility index (Phi) is 6.96. The predicted octanol–water partition coefficient (Wildman–Crippen LogP) is 4.21. The minimum atomic E-state index is -3.78. The maximum atomic E-state index is 12.5. The molecule has 0 atom stereocenters. The van der Waals surface area contributed by atoms with Crippen LogP contribution in [0.15, 0.2) is 65.8 Å². The van der Waals surface area contributed by atoms with E-state index in [9.17, 15) is 8.42 Å². The zero-order valence-corrected chi connectivity index (χ0v) is 18.3. The Hall–Kier alpha value is -3.04. The molecule has 0 aliphatic carbocycles. The molecule has 1 aromatic heterocycles. The van der Waals surface area contributed by atoms with E-state index in [0.717, 1.165) is 18.5 Å². The molecule has 9 heteroatoms. The number of hydrogen-bond acceptors (Lipinski definition) is 5. The number of para-hydroxylation sites is 1. The van der Waals surface area contributed by atoms with Crippen molar-refractivity contribution in [3.8, 4) is 0 Å².